The highest BCUT2D eigenvalue weighted by molar-refractivity contribution is 7.92. The molecule has 0 radical (unpaired) electrons. The van der Waals surface area contributed by atoms with Gasteiger partial charge in [0.25, 0.3) is 10.0 Å². The summed E-state index contributed by atoms with van der Waals surface area (Å²) in [6.07, 6.45) is 0. The van der Waals surface area contributed by atoms with Crippen LogP contribution in [-0.2, 0) is 10.0 Å². The van der Waals surface area contributed by atoms with Crippen LogP contribution in [0.3, 0.4) is 0 Å². The fourth-order valence-corrected chi connectivity index (χ4v) is 2.62. The molecule has 4 nitrogen and oxygen atoms in total. The number of nitrogens with one attached hydrogen (secondary N) is 1. The summed E-state index contributed by atoms with van der Waals surface area (Å²) in [4.78, 5) is -0.127. The summed E-state index contributed by atoms with van der Waals surface area (Å²) in [6.45, 7) is 1.57. The van der Waals surface area contributed by atoms with Gasteiger partial charge in [0.05, 0.1) is 10.6 Å². The molecule has 6 heteroatoms. The van der Waals surface area contributed by atoms with Crippen LogP contribution < -0.4 is 10.5 Å². The zero-order valence-electron chi connectivity index (χ0n) is 10.2. The fraction of sp³-hybridized carbons (Fsp3) is 0.0769. The minimum Gasteiger partial charge on any atom is -0.399 e. The average Bonchev–Trinajstić information content (AvgIpc) is 2.32. The van der Waals surface area contributed by atoms with E-state index in [4.69, 9.17) is 5.73 Å². The molecule has 0 spiro atoms. The van der Waals surface area contributed by atoms with Gasteiger partial charge in [0.2, 0.25) is 0 Å². The second-order valence-electron chi connectivity index (χ2n) is 4.14. The molecular weight excluding hydrogens is 267 g/mol. The molecule has 0 saturated carbocycles. The predicted molar refractivity (Wildman–Crippen MR) is 72.8 cm³/mol. The van der Waals surface area contributed by atoms with Crippen LogP contribution in [0.25, 0.3) is 0 Å². The van der Waals surface area contributed by atoms with Crippen LogP contribution in [0.5, 0.6) is 0 Å². The van der Waals surface area contributed by atoms with Crippen molar-refractivity contribution in [3.05, 3.63) is 53.8 Å². The summed E-state index contributed by atoms with van der Waals surface area (Å²) in [7, 11) is -3.81. The molecule has 19 heavy (non-hydrogen) atoms. The summed E-state index contributed by atoms with van der Waals surface area (Å²) in [5, 5.41) is 0. The third-order valence-corrected chi connectivity index (χ3v) is 3.97. The van der Waals surface area contributed by atoms with Crippen molar-refractivity contribution < 1.29 is 12.8 Å². The zero-order chi connectivity index (χ0) is 14.0. The topological polar surface area (TPSA) is 72.2 Å². The highest BCUT2D eigenvalue weighted by Crippen LogP contribution is 2.19. The number of nitrogens with two attached hydrogens (primary N) is 1. The van der Waals surface area contributed by atoms with E-state index in [2.05, 4.69) is 4.72 Å². The summed E-state index contributed by atoms with van der Waals surface area (Å²) in [5.74, 6) is -0.560. The van der Waals surface area contributed by atoms with Crippen molar-refractivity contribution in [2.75, 3.05) is 10.5 Å². The molecule has 0 aliphatic heterocycles. The molecule has 2 aromatic carbocycles. The van der Waals surface area contributed by atoms with Gasteiger partial charge < -0.3 is 5.73 Å². The SMILES string of the molecule is Cc1ccc(S(=O)(=O)Nc2cccc(N)c2)cc1F. The van der Waals surface area contributed by atoms with Gasteiger partial charge in [-0.25, -0.2) is 12.8 Å². The molecule has 0 heterocycles. The second-order valence-corrected chi connectivity index (χ2v) is 5.82. The summed E-state index contributed by atoms with van der Waals surface area (Å²) in [5.41, 5.74) is 6.73. The third kappa shape index (κ3) is 3.03. The van der Waals surface area contributed by atoms with Gasteiger partial charge >= 0.3 is 0 Å². The van der Waals surface area contributed by atoms with Crippen molar-refractivity contribution in [2.45, 2.75) is 11.8 Å². The number of rotatable bonds is 3. The highest BCUT2D eigenvalue weighted by Gasteiger charge is 2.15. The number of aryl methyl sites for hydroxylation is 1. The third-order valence-electron chi connectivity index (χ3n) is 2.59. The molecular formula is C13H13FN2O2S. The monoisotopic (exact) mass is 280 g/mol. The average molecular weight is 280 g/mol. The molecule has 0 amide bonds. The maximum Gasteiger partial charge on any atom is 0.261 e. The first-order valence-electron chi connectivity index (χ1n) is 5.53. The predicted octanol–water partition coefficient (Wildman–Crippen LogP) is 2.52. The van der Waals surface area contributed by atoms with Crippen molar-refractivity contribution in [3.63, 3.8) is 0 Å². The van der Waals surface area contributed by atoms with E-state index in [0.29, 0.717) is 16.9 Å². The molecule has 0 bridgehead atoms. The molecule has 2 aromatic rings. The molecule has 0 unspecified atom stereocenters. The Bertz CT molecular complexity index is 714. The van der Waals surface area contributed by atoms with Crippen molar-refractivity contribution in [2.24, 2.45) is 0 Å². The summed E-state index contributed by atoms with van der Waals surface area (Å²) < 4.78 is 39.9. The van der Waals surface area contributed by atoms with E-state index in [9.17, 15) is 12.8 Å². The Balaban J connectivity index is 2.35. The number of sulfonamides is 1. The van der Waals surface area contributed by atoms with Gasteiger partial charge in [-0.15, -0.1) is 0 Å². The van der Waals surface area contributed by atoms with Crippen molar-refractivity contribution in [1.82, 2.24) is 0 Å². The number of halogens is 1. The normalized spacial score (nSPS) is 11.3. The quantitative estimate of drug-likeness (QED) is 0.848. The lowest BCUT2D eigenvalue weighted by atomic mass is 10.2. The molecule has 100 valence electrons. The van der Waals surface area contributed by atoms with E-state index < -0.39 is 15.8 Å². The Morgan fingerprint density at radius 2 is 1.89 bits per heavy atom. The van der Waals surface area contributed by atoms with E-state index >= 15 is 0 Å². The minimum absolute atomic E-state index is 0.127. The number of anilines is 2. The highest BCUT2D eigenvalue weighted by atomic mass is 32.2. The lowest BCUT2D eigenvalue weighted by Gasteiger charge is -2.09. The van der Waals surface area contributed by atoms with E-state index in [1.807, 2.05) is 0 Å². The number of benzene rings is 2. The molecule has 3 N–H and O–H groups in total. The van der Waals surface area contributed by atoms with Crippen LogP contribution in [0.4, 0.5) is 15.8 Å². The van der Waals surface area contributed by atoms with Gasteiger partial charge in [-0.2, -0.15) is 0 Å². The maximum absolute atomic E-state index is 13.4. The van der Waals surface area contributed by atoms with E-state index in [0.717, 1.165) is 6.07 Å². The first-order valence-corrected chi connectivity index (χ1v) is 7.01. The largest absolute Gasteiger partial charge is 0.399 e. The molecule has 0 aliphatic carbocycles. The zero-order valence-corrected chi connectivity index (χ0v) is 11.0. The maximum atomic E-state index is 13.4. The van der Waals surface area contributed by atoms with Crippen molar-refractivity contribution >= 4 is 21.4 Å². The molecule has 0 saturated heterocycles. The lowest BCUT2D eigenvalue weighted by molar-refractivity contribution is 0.593. The molecule has 0 aromatic heterocycles. The van der Waals surface area contributed by atoms with Gasteiger partial charge in [-0.1, -0.05) is 12.1 Å². The van der Waals surface area contributed by atoms with Gasteiger partial charge in [-0.05, 0) is 42.8 Å². The molecule has 0 atom stereocenters. The van der Waals surface area contributed by atoms with E-state index in [1.54, 1.807) is 25.1 Å². The van der Waals surface area contributed by atoms with Crippen molar-refractivity contribution in [1.29, 1.82) is 0 Å². The number of hydrogen-bond donors (Lipinski definition) is 2. The van der Waals surface area contributed by atoms with Crippen LogP contribution in [0.2, 0.25) is 0 Å². The lowest BCUT2D eigenvalue weighted by Crippen LogP contribution is -2.13. The van der Waals surface area contributed by atoms with Gasteiger partial charge in [0.1, 0.15) is 5.82 Å². The summed E-state index contributed by atoms with van der Waals surface area (Å²) >= 11 is 0. The Kier molecular flexibility index (Phi) is 3.44. The fourth-order valence-electron chi connectivity index (χ4n) is 1.56. The number of hydrogen-bond acceptors (Lipinski definition) is 3. The van der Waals surface area contributed by atoms with Crippen LogP contribution >= 0.6 is 0 Å². The van der Waals surface area contributed by atoms with Crippen molar-refractivity contribution in [3.8, 4) is 0 Å². The molecule has 0 fully saturated rings. The summed E-state index contributed by atoms with van der Waals surface area (Å²) in [6, 6.07) is 10.1. The van der Waals surface area contributed by atoms with E-state index in [1.165, 1.54) is 18.2 Å². The van der Waals surface area contributed by atoms with E-state index in [-0.39, 0.29) is 4.90 Å². The Morgan fingerprint density at radius 1 is 1.16 bits per heavy atom. The smallest absolute Gasteiger partial charge is 0.261 e. The molecule has 0 aliphatic rings. The van der Waals surface area contributed by atoms with Crippen LogP contribution in [0.1, 0.15) is 5.56 Å². The van der Waals surface area contributed by atoms with Gasteiger partial charge in [-0.3, -0.25) is 4.72 Å². The van der Waals surface area contributed by atoms with Gasteiger partial charge in [0.15, 0.2) is 0 Å². The minimum atomic E-state index is -3.81. The Labute approximate surface area is 111 Å². The standard InChI is InChI=1S/C13H13FN2O2S/c1-9-5-6-12(8-13(9)14)19(17,18)16-11-4-2-3-10(15)7-11/h2-8,16H,15H2,1H3. The van der Waals surface area contributed by atoms with Crippen LogP contribution in [-0.4, -0.2) is 8.42 Å². The first-order chi connectivity index (χ1) is 8.88. The first kappa shape index (κ1) is 13.4. The Morgan fingerprint density at radius 3 is 2.53 bits per heavy atom. The Hall–Kier alpha value is -2.08. The number of nitrogen functional groups attached to an aromatic ring is 1. The van der Waals surface area contributed by atoms with Crippen LogP contribution in [0.15, 0.2) is 47.4 Å². The van der Waals surface area contributed by atoms with Gasteiger partial charge in [0, 0.05) is 5.69 Å². The molecule has 2 rings (SSSR count). The van der Waals surface area contributed by atoms with Crippen LogP contribution in [0, 0.1) is 12.7 Å². The second kappa shape index (κ2) is 4.89.